The van der Waals surface area contributed by atoms with E-state index in [2.05, 4.69) is 55.8 Å². The van der Waals surface area contributed by atoms with E-state index in [0.29, 0.717) is 0 Å². The second kappa shape index (κ2) is 41.3. The lowest BCUT2D eigenvalue weighted by Gasteiger charge is -2.18. The Morgan fingerprint density at radius 3 is 1.53 bits per heavy atom. The van der Waals surface area contributed by atoms with Gasteiger partial charge in [-0.05, 0) is 128 Å². The van der Waals surface area contributed by atoms with Crippen molar-refractivity contribution >= 4 is 0 Å². The van der Waals surface area contributed by atoms with Gasteiger partial charge in [0.1, 0.15) is 0 Å². The number of hydrogen-bond acceptors (Lipinski definition) is 3. The maximum atomic E-state index is 3.66. The highest BCUT2D eigenvalue weighted by Crippen LogP contribution is 2.25. The van der Waals surface area contributed by atoms with Crippen LogP contribution in [-0.2, 0) is 0 Å². The smallest absolute Gasteiger partial charge is 0.00387 e. The zero-order chi connectivity index (χ0) is 38.1. The number of unbranched alkanes of at least 4 members (excludes halogenated alkanes) is 3. The molecule has 3 aliphatic rings. The van der Waals surface area contributed by atoms with Crippen molar-refractivity contribution in [3.8, 4) is 0 Å². The summed E-state index contributed by atoms with van der Waals surface area (Å²) in [4.78, 5) is 0. The van der Waals surface area contributed by atoms with Crippen LogP contribution in [-0.4, -0.2) is 38.8 Å². The number of nitrogens with one attached hydrogen (secondary N) is 3. The van der Waals surface area contributed by atoms with Crippen LogP contribution in [0.1, 0.15) is 252 Å². The number of rotatable bonds is 8. The van der Waals surface area contributed by atoms with Gasteiger partial charge in [0, 0.05) is 6.04 Å². The molecule has 0 saturated carbocycles. The molecule has 0 radical (unpaired) electrons. The molecule has 0 aromatic heterocycles. The minimum atomic E-state index is 0.723. The van der Waals surface area contributed by atoms with Gasteiger partial charge in [0.2, 0.25) is 0 Å². The highest BCUT2D eigenvalue weighted by Gasteiger charge is 2.11. The lowest BCUT2D eigenvalue weighted by Crippen LogP contribution is -2.26. The molecule has 3 heterocycles. The quantitative estimate of drug-likeness (QED) is 0.171. The van der Waals surface area contributed by atoms with Gasteiger partial charge in [-0.15, -0.1) is 0 Å². The van der Waals surface area contributed by atoms with Crippen LogP contribution in [0.3, 0.4) is 0 Å². The third-order valence-electron chi connectivity index (χ3n) is 12.5. The van der Waals surface area contributed by atoms with Gasteiger partial charge in [-0.3, -0.25) is 0 Å². The first-order valence-corrected chi connectivity index (χ1v) is 24.9. The Bertz CT molecular complexity index is 693. The molecule has 3 rings (SSSR count). The van der Waals surface area contributed by atoms with E-state index in [1.165, 1.54) is 257 Å². The molecule has 3 nitrogen and oxygen atoms in total. The average molecular weight is 744 g/mol. The van der Waals surface area contributed by atoms with Gasteiger partial charge >= 0.3 is 0 Å². The molecular weight excluding hydrogens is 643 g/mol. The number of allylic oxidation sites excluding steroid dienone is 2. The molecule has 0 aromatic carbocycles. The minimum absolute atomic E-state index is 0.723. The van der Waals surface area contributed by atoms with Crippen molar-refractivity contribution in [2.75, 3.05) is 32.7 Å². The van der Waals surface area contributed by atoms with E-state index >= 15 is 0 Å². The molecule has 3 aliphatic heterocycles. The van der Waals surface area contributed by atoms with Gasteiger partial charge < -0.3 is 16.0 Å². The summed E-state index contributed by atoms with van der Waals surface area (Å²) in [6, 6.07) is 0.723. The van der Waals surface area contributed by atoms with E-state index in [9.17, 15) is 0 Å². The summed E-state index contributed by atoms with van der Waals surface area (Å²) >= 11 is 0. The Morgan fingerprint density at radius 1 is 0.453 bits per heavy atom. The van der Waals surface area contributed by atoms with Gasteiger partial charge in [0.25, 0.3) is 0 Å². The van der Waals surface area contributed by atoms with Crippen LogP contribution in [0.2, 0.25) is 0 Å². The zero-order valence-corrected chi connectivity index (χ0v) is 37.2. The molecule has 0 bridgehead atoms. The summed E-state index contributed by atoms with van der Waals surface area (Å²) in [6.07, 6.45) is 54.8. The van der Waals surface area contributed by atoms with Gasteiger partial charge in [0.15, 0.2) is 0 Å². The van der Waals surface area contributed by atoms with Crippen molar-refractivity contribution in [1.29, 1.82) is 0 Å². The Hall–Kier alpha value is -0.380. The highest BCUT2D eigenvalue weighted by molar-refractivity contribution is 4.81. The SMILES string of the molecule is CC(C)CCC1CCCCCCCCNCCCCCCC1.CC1CCCCCCC=CCCCCCCCN1.CCCCCCC1CCCNCC1. The molecule has 3 heteroatoms. The maximum absolute atomic E-state index is 3.66. The monoisotopic (exact) mass is 744 g/mol. The highest BCUT2D eigenvalue weighted by atomic mass is 14.9. The summed E-state index contributed by atoms with van der Waals surface area (Å²) < 4.78 is 0. The number of hydrogen-bond donors (Lipinski definition) is 3. The fraction of sp³-hybridized carbons (Fsp3) is 0.960. The molecule has 3 unspecified atom stereocenters. The largest absolute Gasteiger partial charge is 0.317 e. The van der Waals surface area contributed by atoms with Crippen LogP contribution in [0.4, 0.5) is 0 Å². The van der Waals surface area contributed by atoms with Crippen molar-refractivity contribution < 1.29 is 0 Å². The van der Waals surface area contributed by atoms with Crippen molar-refractivity contribution in [1.82, 2.24) is 16.0 Å². The van der Waals surface area contributed by atoms with Crippen molar-refractivity contribution in [2.24, 2.45) is 17.8 Å². The molecule has 0 spiro atoms. The van der Waals surface area contributed by atoms with Crippen LogP contribution in [0.25, 0.3) is 0 Å². The van der Waals surface area contributed by atoms with Crippen molar-refractivity contribution in [2.45, 2.75) is 258 Å². The standard InChI is InChI=1S/C21H43N.C17H33N.C12H25N/c1-20(2)16-17-21-14-10-6-3-4-8-12-18-22-19-13-9-5-7-11-15-21;1-17-15-13-11-9-7-5-3-2-4-6-8-10-12-14-16-18-17;1-2-3-4-5-7-12-8-6-10-13-11-9-12/h20-22H,3-19H2,1-2H3;2-3,17-18H,4-16H2,1H3;12-13H,2-11H2,1H3. The Morgan fingerprint density at radius 2 is 0.925 bits per heavy atom. The third kappa shape index (κ3) is 38.3. The van der Waals surface area contributed by atoms with Gasteiger partial charge in [0.05, 0.1) is 0 Å². The minimum Gasteiger partial charge on any atom is -0.317 e. The molecule has 2 saturated heterocycles. The second-order valence-corrected chi connectivity index (χ2v) is 18.3. The average Bonchev–Trinajstić information content (AvgIpc) is 3.43. The van der Waals surface area contributed by atoms with E-state index < -0.39 is 0 Å². The molecule has 2 fully saturated rings. The third-order valence-corrected chi connectivity index (χ3v) is 12.5. The van der Waals surface area contributed by atoms with Crippen LogP contribution in [0.5, 0.6) is 0 Å². The van der Waals surface area contributed by atoms with E-state index in [1.54, 1.807) is 0 Å². The van der Waals surface area contributed by atoms with E-state index in [0.717, 1.165) is 23.8 Å². The summed E-state index contributed by atoms with van der Waals surface area (Å²) in [5, 5.41) is 10.8. The fourth-order valence-electron chi connectivity index (χ4n) is 8.64. The van der Waals surface area contributed by atoms with Crippen LogP contribution < -0.4 is 16.0 Å². The Labute approximate surface area is 336 Å². The Kier molecular flexibility index (Phi) is 39.4. The summed E-state index contributed by atoms with van der Waals surface area (Å²) in [7, 11) is 0. The molecule has 3 N–H and O–H groups in total. The topological polar surface area (TPSA) is 36.1 Å². The van der Waals surface area contributed by atoms with Crippen LogP contribution in [0.15, 0.2) is 12.2 Å². The van der Waals surface area contributed by atoms with E-state index in [4.69, 9.17) is 0 Å². The molecule has 316 valence electrons. The predicted octanol–water partition coefficient (Wildman–Crippen LogP) is 15.3. The molecule has 0 aromatic rings. The summed E-state index contributed by atoms with van der Waals surface area (Å²) in [5.41, 5.74) is 0. The van der Waals surface area contributed by atoms with Crippen molar-refractivity contribution in [3.05, 3.63) is 12.2 Å². The van der Waals surface area contributed by atoms with Crippen molar-refractivity contribution in [3.63, 3.8) is 0 Å². The first kappa shape index (κ1) is 50.6. The molecular formula is C50H101N3. The molecule has 0 aliphatic carbocycles. The van der Waals surface area contributed by atoms with Crippen LogP contribution in [0, 0.1) is 17.8 Å². The van der Waals surface area contributed by atoms with E-state index in [1.807, 2.05) is 0 Å². The first-order chi connectivity index (χ1) is 26.1. The lowest BCUT2D eigenvalue weighted by molar-refractivity contribution is 0.352. The molecule has 53 heavy (non-hydrogen) atoms. The molecule has 0 amide bonds. The molecule has 3 atom stereocenters. The maximum Gasteiger partial charge on any atom is 0.00387 e. The fourth-order valence-corrected chi connectivity index (χ4v) is 8.64. The first-order valence-electron chi connectivity index (χ1n) is 24.9. The summed E-state index contributed by atoms with van der Waals surface area (Å²) in [5.74, 6) is 2.95. The van der Waals surface area contributed by atoms with Gasteiger partial charge in [-0.1, -0.05) is 187 Å². The summed E-state index contributed by atoms with van der Waals surface area (Å²) in [6.45, 7) is 15.6. The van der Waals surface area contributed by atoms with Gasteiger partial charge in [-0.2, -0.15) is 0 Å². The normalized spacial score (nSPS) is 25.3. The van der Waals surface area contributed by atoms with E-state index in [-0.39, 0.29) is 0 Å². The second-order valence-electron chi connectivity index (χ2n) is 18.3. The lowest BCUT2D eigenvalue weighted by atomic mass is 9.88. The Balaban J connectivity index is 0.000000410. The zero-order valence-electron chi connectivity index (χ0n) is 37.2. The predicted molar refractivity (Wildman–Crippen MR) is 241 cm³/mol. The van der Waals surface area contributed by atoms with Crippen LogP contribution >= 0.6 is 0 Å². The van der Waals surface area contributed by atoms with Gasteiger partial charge in [-0.25, -0.2) is 0 Å².